The van der Waals surface area contributed by atoms with Crippen molar-refractivity contribution in [2.24, 2.45) is 5.41 Å². The summed E-state index contributed by atoms with van der Waals surface area (Å²) in [5.74, 6) is -0.0497. The third kappa shape index (κ3) is 3.85. The Morgan fingerprint density at radius 3 is 2.25 bits per heavy atom. The largest absolute Gasteiger partial charge is 0.396 e. The van der Waals surface area contributed by atoms with Gasteiger partial charge in [0.15, 0.2) is 0 Å². The van der Waals surface area contributed by atoms with E-state index >= 15 is 0 Å². The molecule has 0 aromatic heterocycles. The standard InChI is InChI=1S/C12H24O4/c1-4-11(16)12(10(3)15,6-5-7-13)8-9(2)14/h10-11,13,15-16H,4-8H2,1-3H3. The van der Waals surface area contributed by atoms with Gasteiger partial charge in [0, 0.05) is 18.4 Å². The van der Waals surface area contributed by atoms with Gasteiger partial charge < -0.3 is 20.1 Å². The molecule has 16 heavy (non-hydrogen) atoms. The minimum Gasteiger partial charge on any atom is -0.396 e. The third-order valence-electron chi connectivity index (χ3n) is 3.26. The van der Waals surface area contributed by atoms with Gasteiger partial charge in [0.2, 0.25) is 0 Å². The highest BCUT2D eigenvalue weighted by Gasteiger charge is 2.41. The molecule has 0 radical (unpaired) electrons. The van der Waals surface area contributed by atoms with Crippen molar-refractivity contribution in [2.45, 2.75) is 58.7 Å². The van der Waals surface area contributed by atoms with E-state index in [4.69, 9.17) is 5.11 Å². The van der Waals surface area contributed by atoms with Crippen LogP contribution < -0.4 is 0 Å². The van der Waals surface area contributed by atoms with Crippen LogP contribution in [0.3, 0.4) is 0 Å². The summed E-state index contributed by atoms with van der Waals surface area (Å²) in [5.41, 5.74) is -0.816. The van der Waals surface area contributed by atoms with E-state index < -0.39 is 17.6 Å². The van der Waals surface area contributed by atoms with Crippen LogP contribution in [0, 0.1) is 5.41 Å². The SMILES string of the molecule is CCC(O)C(CCCO)(CC(C)=O)C(C)O. The Morgan fingerprint density at radius 2 is 1.94 bits per heavy atom. The molecule has 0 amide bonds. The predicted molar refractivity (Wildman–Crippen MR) is 62.0 cm³/mol. The van der Waals surface area contributed by atoms with Crippen LogP contribution in [0.25, 0.3) is 0 Å². The summed E-state index contributed by atoms with van der Waals surface area (Å²) in [6, 6.07) is 0. The number of Topliss-reactive ketones (excluding diaryl/α,β-unsaturated/α-hetero) is 1. The first kappa shape index (κ1) is 15.6. The summed E-state index contributed by atoms with van der Waals surface area (Å²) in [6.45, 7) is 4.88. The van der Waals surface area contributed by atoms with Crippen molar-refractivity contribution >= 4 is 5.78 Å². The van der Waals surface area contributed by atoms with Crippen LogP contribution in [-0.4, -0.2) is 39.9 Å². The summed E-state index contributed by atoms with van der Waals surface area (Å²) < 4.78 is 0. The number of aliphatic hydroxyl groups is 3. The second-order valence-electron chi connectivity index (χ2n) is 4.54. The summed E-state index contributed by atoms with van der Waals surface area (Å²) in [6.07, 6.45) is 0.0923. The number of hydrogen-bond donors (Lipinski definition) is 3. The van der Waals surface area contributed by atoms with Crippen molar-refractivity contribution in [2.75, 3.05) is 6.61 Å². The second kappa shape index (κ2) is 6.99. The maximum atomic E-state index is 11.3. The predicted octanol–water partition coefficient (Wildman–Crippen LogP) is 0.876. The molecular weight excluding hydrogens is 208 g/mol. The highest BCUT2D eigenvalue weighted by molar-refractivity contribution is 5.76. The lowest BCUT2D eigenvalue weighted by Gasteiger charge is -2.40. The lowest BCUT2D eigenvalue weighted by molar-refractivity contribution is -0.129. The van der Waals surface area contributed by atoms with Crippen molar-refractivity contribution in [1.29, 1.82) is 0 Å². The smallest absolute Gasteiger partial charge is 0.130 e. The number of hydrogen-bond acceptors (Lipinski definition) is 4. The molecule has 0 spiro atoms. The molecule has 3 N–H and O–H groups in total. The summed E-state index contributed by atoms with van der Waals surface area (Å²) in [4.78, 5) is 11.3. The monoisotopic (exact) mass is 232 g/mol. The zero-order valence-electron chi connectivity index (χ0n) is 10.4. The summed E-state index contributed by atoms with van der Waals surface area (Å²) in [5, 5.41) is 28.7. The molecule has 3 unspecified atom stereocenters. The number of rotatable bonds is 8. The second-order valence-corrected chi connectivity index (χ2v) is 4.54. The van der Waals surface area contributed by atoms with Gasteiger partial charge in [0.05, 0.1) is 12.2 Å². The fraction of sp³-hybridized carbons (Fsp3) is 0.917. The van der Waals surface area contributed by atoms with Crippen LogP contribution in [0.1, 0.15) is 46.5 Å². The van der Waals surface area contributed by atoms with E-state index in [0.29, 0.717) is 19.3 Å². The molecule has 0 aliphatic heterocycles. The number of carbonyl (C=O) groups is 1. The van der Waals surface area contributed by atoms with E-state index in [2.05, 4.69) is 0 Å². The molecule has 0 bridgehead atoms. The highest BCUT2D eigenvalue weighted by atomic mass is 16.3. The Bertz CT molecular complexity index is 215. The van der Waals surface area contributed by atoms with Crippen molar-refractivity contribution in [3.8, 4) is 0 Å². The minimum atomic E-state index is -0.816. The lowest BCUT2D eigenvalue weighted by Crippen LogP contribution is -2.45. The molecule has 3 atom stereocenters. The van der Waals surface area contributed by atoms with E-state index in [1.807, 2.05) is 6.92 Å². The van der Waals surface area contributed by atoms with Crippen molar-refractivity contribution in [1.82, 2.24) is 0 Å². The third-order valence-corrected chi connectivity index (χ3v) is 3.26. The molecule has 0 aliphatic rings. The summed E-state index contributed by atoms with van der Waals surface area (Å²) in [7, 11) is 0. The molecule has 0 heterocycles. The van der Waals surface area contributed by atoms with Crippen LogP contribution in [0.2, 0.25) is 0 Å². The van der Waals surface area contributed by atoms with Crippen LogP contribution >= 0.6 is 0 Å². The molecule has 4 heteroatoms. The Balaban J connectivity index is 4.95. The average molecular weight is 232 g/mol. The van der Waals surface area contributed by atoms with Gasteiger partial charge in [-0.1, -0.05) is 6.92 Å². The van der Waals surface area contributed by atoms with Gasteiger partial charge in [0.1, 0.15) is 5.78 Å². The zero-order chi connectivity index (χ0) is 12.8. The Hall–Kier alpha value is -0.450. The topological polar surface area (TPSA) is 77.8 Å². The van der Waals surface area contributed by atoms with E-state index in [9.17, 15) is 15.0 Å². The van der Waals surface area contributed by atoms with Crippen molar-refractivity contribution in [3.63, 3.8) is 0 Å². The van der Waals surface area contributed by atoms with Crippen molar-refractivity contribution in [3.05, 3.63) is 0 Å². The maximum Gasteiger partial charge on any atom is 0.130 e. The fourth-order valence-electron chi connectivity index (χ4n) is 2.29. The van der Waals surface area contributed by atoms with Gasteiger partial charge in [-0.2, -0.15) is 0 Å². The van der Waals surface area contributed by atoms with Crippen LogP contribution in [0.4, 0.5) is 0 Å². The number of carbonyl (C=O) groups excluding carboxylic acids is 1. The Morgan fingerprint density at radius 1 is 1.38 bits per heavy atom. The number of ketones is 1. The van der Waals surface area contributed by atoms with Gasteiger partial charge in [0.25, 0.3) is 0 Å². The Kier molecular flexibility index (Phi) is 6.79. The highest BCUT2D eigenvalue weighted by Crippen LogP contribution is 2.38. The molecule has 0 aromatic carbocycles. The lowest BCUT2D eigenvalue weighted by atomic mass is 9.69. The number of aliphatic hydroxyl groups excluding tert-OH is 3. The van der Waals surface area contributed by atoms with Crippen LogP contribution in [0.15, 0.2) is 0 Å². The van der Waals surface area contributed by atoms with Gasteiger partial charge >= 0.3 is 0 Å². The quantitative estimate of drug-likeness (QED) is 0.580. The Labute approximate surface area is 97.3 Å². The fourth-order valence-corrected chi connectivity index (χ4v) is 2.29. The average Bonchev–Trinajstić information content (AvgIpc) is 2.22. The van der Waals surface area contributed by atoms with E-state index in [1.165, 1.54) is 6.92 Å². The maximum absolute atomic E-state index is 11.3. The normalized spacial score (nSPS) is 18.9. The molecule has 0 saturated heterocycles. The molecular formula is C12H24O4. The zero-order valence-corrected chi connectivity index (χ0v) is 10.4. The molecule has 0 fully saturated rings. The van der Waals surface area contributed by atoms with Gasteiger partial charge in [-0.05, 0) is 33.1 Å². The molecule has 0 saturated carbocycles. The first-order valence-corrected chi connectivity index (χ1v) is 5.87. The minimum absolute atomic E-state index is 0.00279. The van der Waals surface area contributed by atoms with Crippen LogP contribution in [0.5, 0.6) is 0 Å². The molecule has 96 valence electrons. The first-order valence-electron chi connectivity index (χ1n) is 5.87. The molecule has 0 aromatic rings. The van der Waals surface area contributed by atoms with Gasteiger partial charge in [-0.15, -0.1) is 0 Å². The molecule has 0 aliphatic carbocycles. The van der Waals surface area contributed by atoms with Crippen LogP contribution in [-0.2, 0) is 4.79 Å². The van der Waals surface area contributed by atoms with Gasteiger partial charge in [-0.25, -0.2) is 0 Å². The van der Waals surface area contributed by atoms with E-state index in [0.717, 1.165) is 0 Å². The van der Waals surface area contributed by atoms with E-state index in [1.54, 1.807) is 6.92 Å². The molecule has 4 nitrogen and oxygen atoms in total. The first-order chi connectivity index (χ1) is 7.40. The molecule has 0 rings (SSSR count). The van der Waals surface area contributed by atoms with E-state index in [-0.39, 0.29) is 18.8 Å². The summed E-state index contributed by atoms with van der Waals surface area (Å²) >= 11 is 0. The van der Waals surface area contributed by atoms with Gasteiger partial charge in [-0.3, -0.25) is 0 Å². The van der Waals surface area contributed by atoms with Crippen molar-refractivity contribution < 1.29 is 20.1 Å².